The first-order valence-corrected chi connectivity index (χ1v) is 6.83. The smallest absolute Gasteiger partial charge is 0.407 e. The highest BCUT2D eigenvalue weighted by molar-refractivity contribution is 5.67. The topological polar surface area (TPSA) is 47.6 Å². The van der Waals surface area contributed by atoms with Gasteiger partial charge in [-0.2, -0.15) is 0 Å². The summed E-state index contributed by atoms with van der Waals surface area (Å²) in [6, 6.07) is 0. The van der Waals surface area contributed by atoms with E-state index in [4.69, 9.17) is 9.47 Å². The van der Waals surface area contributed by atoms with Gasteiger partial charge in [0.1, 0.15) is 5.60 Å². The minimum Gasteiger partial charge on any atom is -0.444 e. The van der Waals surface area contributed by atoms with Gasteiger partial charge in [-0.1, -0.05) is 12.8 Å². The lowest BCUT2D eigenvalue weighted by molar-refractivity contribution is 0.0484. The molecule has 0 aliphatic heterocycles. The highest BCUT2D eigenvalue weighted by Crippen LogP contribution is 2.40. The van der Waals surface area contributed by atoms with Gasteiger partial charge >= 0.3 is 6.09 Å². The molecule has 1 saturated carbocycles. The van der Waals surface area contributed by atoms with Crippen molar-refractivity contribution < 1.29 is 14.3 Å². The van der Waals surface area contributed by atoms with Crippen LogP contribution in [0.25, 0.3) is 0 Å². The zero-order chi connectivity index (χ0) is 13.6. The quantitative estimate of drug-likeness (QED) is 0.823. The first-order chi connectivity index (χ1) is 8.37. The number of rotatable bonds is 5. The van der Waals surface area contributed by atoms with E-state index in [1.165, 1.54) is 25.7 Å². The van der Waals surface area contributed by atoms with E-state index in [-0.39, 0.29) is 11.5 Å². The van der Waals surface area contributed by atoms with Gasteiger partial charge in [0.2, 0.25) is 0 Å². The molecule has 0 atom stereocenters. The van der Waals surface area contributed by atoms with E-state index in [2.05, 4.69) is 5.32 Å². The fourth-order valence-corrected chi connectivity index (χ4v) is 2.53. The summed E-state index contributed by atoms with van der Waals surface area (Å²) in [6.07, 6.45) is 5.54. The third-order valence-corrected chi connectivity index (χ3v) is 3.51. The third-order valence-electron chi connectivity index (χ3n) is 3.51. The molecule has 0 spiro atoms. The van der Waals surface area contributed by atoms with Crippen LogP contribution in [0.3, 0.4) is 0 Å². The van der Waals surface area contributed by atoms with Crippen molar-refractivity contribution >= 4 is 6.09 Å². The van der Waals surface area contributed by atoms with Crippen molar-refractivity contribution in [2.45, 2.75) is 58.5 Å². The maximum Gasteiger partial charge on any atom is 0.407 e. The zero-order valence-corrected chi connectivity index (χ0v) is 12.2. The van der Waals surface area contributed by atoms with E-state index in [9.17, 15) is 4.79 Å². The van der Waals surface area contributed by atoms with Crippen LogP contribution in [0.5, 0.6) is 0 Å². The molecular formula is C14H27NO3. The van der Waals surface area contributed by atoms with Crippen LogP contribution in [0.4, 0.5) is 4.79 Å². The van der Waals surface area contributed by atoms with Crippen molar-refractivity contribution in [3.63, 3.8) is 0 Å². The Morgan fingerprint density at radius 1 is 1.28 bits per heavy atom. The minimum absolute atomic E-state index is 0.215. The Hall–Kier alpha value is -0.770. The second kappa shape index (κ2) is 6.41. The molecule has 1 fully saturated rings. The van der Waals surface area contributed by atoms with E-state index in [1.54, 1.807) is 7.11 Å². The number of carbonyl (C=O) groups excluding carboxylic acids is 1. The van der Waals surface area contributed by atoms with Gasteiger partial charge in [-0.15, -0.1) is 0 Å². The van der Waals surface area contributed by atoms with Crippen molar-refractivity contribution in [3.8, 4) is 0 Å². The van der Waals surface area contributed by atoms with Gasteiger partial charge in [-0.3, -0.25) is 0 Å². The summed E-state index contributed by atoms with van der Waals surface area (Å²) >= 11 is 0. The fraction of sp³-hybridized carbons (Fsp3) is 0.929. The minimum atomic E-state index is -0.431. The second-order valence-corrected chi connectivity index (χ2v) is 6.31. The van der Waals surface area contributed by atoms with Crippen LogP contribution in [0.2, 0.25) is 0 Å². The summed E-state index contributed by atoms with van der Waals surface area (Å²) in [6.45, 7) is 7.09. The van der Waals surface area contributed by atoms with Crippen LogP contribution >= 0.6 is 0 Å². The number of carbonyl (C=O) groups is 1. The number of ether oxygens (including phenoxy) is 2. The summed E-state index contributed by atoms with van der Waals surface area (Å²) in [5.41, 5.74) is -0.216. The Morgan fingerprint density at radius 2 is 1.89 bits per heavy atom. The number of amides is 1. The van der Waals surface area contributed by atoms with Gasteiger partial charge in [0.15, 0.2) is 0 Å². The molecule has 0 aromatic heterocycles. The molecular weight excluding hydrogens is 230 g/mol. The molecule has 4 heteroatoms. The van der Waals surface area contributed by atoms with Gasteiger partial charge in [-0.25, -0.2) is 4.79 Å². The summed E-state index contributed by atoms with van der Waals surface area (Å²) in [4.78, 5) is 11.7. The lowest BCUT2D eigenvalue weighted by Gasteiger charge is -2.29. The lowest BCUT2D eigenvalue weighted by Crippen LogP contribution is -2.39. The Kier molecular flexibility index (Phi) is 5.45. The summed E-state index contributed by atoms with van der Waals surface area (Å²) in [7, 11) is 1.73. The Balaban J connectivity index is 2.40. The van der Waals surface area contributed by atoms with Gasteiger partial charge < -0.3 is 14.8 Å². The standard InChI is InChI=1S/C14H27NO3/c1-13(2,3)18-12(16)15-11-14(9-10-17-4)7-5-6-8-14/h5-11H2,1-4H3,(H,15,16). The number of methoxy groups -OCH3 is 1. The van der Waals surface area contributed by atoms with Crippen LogP contribution in [0.1, 0.15) is 52.9 Å². The molecule has 0 unspecified atom stereocenters. The number of alkyl carbamates (subject to hydrolysis) is 1. The van der Waals surface area contributed by atoms with Crippen molar-refractivity contribution in [2.75, 3.05) is 20.3 Å². The monoisotopic (exact) mass is 257 g/mol. The molecule has 18 heavy (non-hydrogen) atoms. The molecule has 0 radical (unpaired) electrons. The van der Waals surface area contributed by atoms with Crippen molar-refractivity contribution in [1.82, 2.24) is 5.32 Å². The normalized spacial score (nSPS) is 18.7. The molecule has 0 heterocycles. The van der Waals surface area contributed by atoms with Crippen molar-refractivity contribution in [1.29, 1.82) is 0 Å². The average Bonchev–Trinajstić information content (AvgIpc) is 2.71. The van der Waals surface area contributed by atoms with Gasteiger partial charge in [0.05, 0.1) is 0 Å². The van der Waals surface area contributed by atoms with Crippen LogP contribution in [-0.4, -0.2) is 32.0 Å². The molecule has 1 amide bonds. The Bertz CT molecular complexity index is 265. The first kappa shape index (κ1) is 15.3. The van der Waals surface area contributed by atoms with Gasteiger partial charge in [0.25, 0.3) is 0 Å². The molecule has 1 rings (SSSR count). The Morgan fingerprint density at radius 3 is 2.39 bits per heavy atom. The zero-order valence-electron chi connectivity index (χ0n) is 12.2. The molecule has 0 aromatic rings. The molecule has 1 N–H and O–H groups in total. The first-order valence-electron chi connectivity index (χ1n) is 6.83. The van der Waals surface area contributed by atoms with Gasteiger partial charge in [-0.05, 0) is 45.4 Å². The predicted molar refractivity (Wildman–Crippen MR) is 71.6 cm³/mol. The van der Waals surface area contributed by atoms with Crippen LogP contribution in [-0.2, 0) is 9.47 Å². The molecule has 106 valence electrons. The molecule has 4 nitrogen and oxygen atoms in total. The largest absolute Gasteiger partial charge is 0.444 e. The van der Waals surface area contributed by atoms with Crippen LogP contribution in [0.15, 0.2) is 0 Å². The number of hydrogen-bond donors (Lipinski definition) is 1. The maximum absolute atomic E-state index is 11.7. The second-order valence-electron chi connectivity index (χ2n) is 6.31. The van der Waals surface area contributed by atoms with E-state index < -0.39 is 5.60 Å². The number of nitrogens with one attached hydrogen (secondary N) is 1. The van der Waals surface area contributed by atoms with E-state index in [1.807, 2.05) is 20.8 Å². The summed E-state index contributed by atoms with van der Waals surface area (Å²) in [5, 5.41) is 2.91. The molecule has 0 saturated heterocycles. The van der Waals surface area contributed by atoms with E-state index in [0.717, 1.165) is 13.0 Å². The molecule has 0 bridgehead atoms. The van der Waals surface area contributed by atoms with Crippen LogP contribution < -0.4 is 5.32 Å². The predicted octanol–water partition coefficient (Wildman–Crippen LogP) is 3.11. The summed E-state index contributed by atoms with van der Waals surface area (Å²) < 4.78 is 10.4. The van der Waals surface area contributed by atoms with Crippen molar-refractivity contribution in [3.05, 3.63) is 0 Å². The maximum atomic E-state index is 11.7. The molecule has 1 aliphatic rings. The average molecular weight is 257 g/mol. The molecule has 1 aliphatic carbocycles. The van der Waals surface area contributed by atoms with Gasteiger partial charge in [0, 0.05) is 20.3 Å². The van der Waals surface area contributed by atoms with E-state index >= 15 is 0 Å². The number of hydrogen-bond acceptors (Lipinski definition) is 3. The van der Waals surface area contributed by atoms with E-state index in [0.29, 0.717) is 6.54 Å². The molecule has 0 aromatic carbocycles. The summed E-state index contributed by atoms with van der Waals surface area (Å²) in [5.74, 6) is 0. The fourth-order valence-electron chi connectivity index (χ4n) is 2.53. The SMILES string of the molecule is COCCC1(CNC(=O)OC(C)(C)C)CCCC1. The lowest BCUT2D eigenvalue weighted by atomic mass is 9.83. The third kappa shape index (κ3) is 5.25. The highest BCUT2D eigenvalue weighted by atomic mass is 16.6. The van der Waals surface area contributed by atoms with Crippen LogP contribution in [0, 0.1) is 5.41 Å². The van der Waals surface area contributed by atoms with Crippen molar-refractivity contribution in [2.24, 2.45) is 5.41 Å². The highest BCUT2D eigenvalue weighted by Gasteiger charge is 2.34. The Labute approximate surface area is 110 Å².